The summed E-state index contributed by atoms with van der Waals surface area (Å²) in [5, 5.41) is 13.0. The van der Waals surface area contributed by atoms with Crippen molar-refractivity contribution in [3.8, 4) is 5.75 Å². The quantitative estimate of drug-likeness (QED) is 0.739. The molecule has 1 aromatic rings. The summed E-state index contributed by atoms with van der Waals surface area (Å²) in [5.41, 5.74) is 6.56. The zero-order valence-corrected chi connectivity index (χ0v) is 14.5. The molecular weight excluding hydrogens is 316 g/mol. The number of nitrogens with two attached hydrogens (primary N) is 1. The van der Waals surface area contributed by atoms with Crippen molar-refractivity contribution in [3.63, 3.8) is 0 Å². The van der Waals surface area contributed by atoms with E-state index in [1.165, 1.54) is 0 Å². The minimum atomic E-state index is -0.741. The van der Waals surface area contributed by atoms with Gasteiger partial charge in [0, 0.05) is 18.5 Å². The molecule has 1 aliphatic rings. The van der Waals surface area contributed by atoms with Gasteiger partial charge in [0.05, 0.1) is 12.2 Å². The lowest BCUT2D eigenvalue weighted by atomic mass is 10.1. The monoisotopic (exact) mass is 342 g/mol. The van der Waals surface area contributed by atoms with Crippen molar-refractivity contribution in [3.05, 3.63) is 29.8 Å². The molecule has 0 aromatic heterocycles. The van der Waals surface area contributed by atoms with E-state index in [4.69, 9.17) is 10.5 Å². The number of amides is 1. The lowest BCUT2D eigenvalue weighted by Gasteiger charge is -2.16. The molecule has 0 saturated heterocycles. The third-order valence-electron chi connectivity index (χ3n) is 3.93. The summed E-state index contributed by atoms with van der Waals surface area (Å²) >= 11 is 0. The molecule has 0 aliphatic heterocycles. The Morgan fingerprint density at radius 1 is 1.43 bits per heavy atom. The van der Waals surface area contributed by atoms with Crippen LogP contribution in [-0.2, 0) is 4.79 Å². The maximum Gasteiger partial charge on any atom is 0.223 e. The van der Waals surface area contributed by atoms with Crippen LogP contribution in [0.25, 0.3) is 0 Å². The van der Waals surface area contributed by atoms with Crippen LogP contribution in [0.15, 0.2) is 24.3 Å². The molecule has 0 heterocycles. The van der Waals surface area contributed by atoms with E-state index < -0.39 is 6.10 Å². The molecule has 1 aromatic carbocycles. The first kappa shape index (κ1) is 19.7. The van der Waals surface area contributed by atoms with Crippen LogP contribution >= 0.6 is 12.4 Å². The highest BCUT2D eigenvalue weighted by Gasteiger charge is 2.27. The average molecular weight is 343 g/mol. The molecular formula is C17H27ClN2O3. The van der Waals surface area contributed by atoms with E-state index in [0.717, 1.165) is 30.6 Å². The summed E-state index contributed by atoms with van der Waals surface area (Å²) in [5.74, 6) is 0.694. The predicted octanol–water partition coefficient (Wildman–Crippen LogP) is 2.17. The van der Waals surface area contributed by atoms with Crippen molar-refractivity contribution >= 4 is 18.3 Å². The molecule has 3 unspecified atom stereocenters. The van der Waals surface area contributed by atoms with E-state index in [1.54, 1.807) is 0 Å². The van der Waals surface area contributed by atoms with Crippen LogP contribution in [0.5, 0.6) is 5.75 Å². The first-order chi connectivity index (χ1) is 10.5. The number of aliphatic hydroxyl groups excluding tert-OH is 1. The predicted molar refractivity (Wildman–Crippen MR) is 92.7 cm³/mol. The van der Waals surface area contributed by atoms with Crippen molar-refractivity contribution in [2.45, 2.75) is 51.4 Å². The zero-order chi connectivity index (χ0) is 16.1. The van der Waals surface area contributed by atoms with E-state index in [9.17, 15) is 9.90 Å². The topological polar surface area (TPSA) is 84.6 Å². The summed E-state index contributed by atoms with van der Waals surface area (Å²) in [6.07, 6.45) is 1.81. The molecule has 23 heavy (non-hydrogen) atoms. The van der Waals surface area contributed by atoms with Gasteiger partial charge in [0.15, 0.2) is 0 Å². The molecule has 6 heteroatoms. The van der Waals surface area contributed by atoms with Crippen molar-refractivity contribution in [1.29, 1.82) is 0 Å². The van der Waals surface area contributed by atoms with E-state index in [1.807, 2.05) is 38.1 Å². The Kier molecular flexibility index (Phi) is 7.82. The number of rotatable bonds is 6. The minimum Gasteiger partial charge on any atom is -0.491 e. The number of nitrogens with one attached hydrogen (secondary N) is 1. The van der Waals surface area contributed by atoms with Gasteiger partial charge in [-0.25, -0.2) is 0 Å². The molecule has 1 fully saturated rings. The minimum absolute atomic E-state index is 0. The maximum atomic E-state index is 12.0. The van der Waals surface area contributed by atoms with Crippen LogP contribution in [0, 0.1) is 5.92 Å². The highest BCUT2D eigenvalue weighted by Crippen LogP contribution is 2.24. The number of carbonyl (C=O) groups is 1. The first-order valence-corrected chi connectivity index (χ1v) is 7.93. The Balaban J connectivity index is 0.00000264. The van der Waals surface area contributed by atoms with Crippen molar-refractivity contribution in [1.82, 2.24) is 5.32 Å². The van der Waals surface area contributed by atoms with Gasteiger partial charge in [0.1, 0.15) is 5.75 Å². The second-order valence-electron chi connectivity index (χ2n) is 6.27. The molecule has 4 N–H and O–H groups in total. The van der Waals surface area contributed by atoms with Crippen LogP contribution < -0.4 is 15.8 Å². The number of benzene rings is 1. The average Bonchev–Trinajstić information content (AvgIpc) is 2.90. The SMILES string of the molecule is CC(C)Oc1cccc(C(O)CNC(=O)C2CCC(N)C2)c1.Cl. The van der Waals surface area contributed by atoms with Gasteiger partial charge >= 0.3 is 0 Å². The van der Waals surface area contributed by atoms with Crippen molar-refractivity contribution < 1.29 is 14.6 Å². The molecule has 1 saturated carbocycles. The van der Waals surface area contributed by atoms with Crippen LogP contribution in [0.4, 0.5) is 0 Å². The Morgan fingerprint density at radius 2 is 2.17 bits per heavy atom. The van der Waals surface area contributed by atoms with Crippen molar-refractivity contribution in [2.24, 2.45) is 11.7 Å². The molecule has 1 aliphatic carbocycles. The number of hydrogen-bond donors (Lipinski definition) is 3. The summed E-state index contributed by atoms with van der Waals surface area (Å²) in [4.78, 5) is 12.0. The lowest BCUT2D eigenvalue weighted by molar-refractivity contribution is -0.125. The van der Waals surface area contributed by atoms with Crippen molar-refractivity contribution in [2.75, 3.05) is 6.54 Å². The second kappa shape index (κ2) is 9.11. The van der Waals surface area contributed by atoms with Gasteiger partial charge in [0.25, 0.3) is 0 Å². The van der Waals surface area contributed by atoms with Crippen LogP contribution in [-0.4, -0.2) is 29.7 Å². The fourth-order valence-corrected chi connectivity index (χ4v) is 2.78. The number of carbonyl (C=O) groups excluding carboxylic acids is 1. The Bertz CT molecular complexity index is 510. The summed E-state index contributed by atoms with van der Waals surface area (Å²) in [6, 6.07) is 7.46. The standard InChI is InChI=1S/C17H26N2O3.ClH/c1-11(2)22-15-5-3-4-12(9-15)16(20)10-19-17(21)13-6-7-14(18)8-13;/h3-5,9,11,13-14,16,20H,6-8,10,18H2,1-2H3,(H,19,21);1H. The van der Waals surface area contributed by atoms with Gasteiger partial charge in [-0.3, -0.25) is 4.79 Å². The van der Waals surface area contributed by atoms with E-state index >= 15 is 0 Å². The van der Waals surface area contributed by atoms with Gasteiger partial charge in [-0.05, 0) is 50.8 Å². The van der Waals surface area contributed by atoms with E-state index in [0.29, 0.717) is 0 Å². The summed E-state index contributed by atoms with van der Waals surface area (Å²) in [6.45, 7) is 4.11. The largest absolute Gasteiger partial charge is 0.491 e. The third kappa shape index (κ3) is 6.01. The molecule has 0 bridgehead atoms. The summed E-state index contributed by atoms with van der Waals surface area (Å²) < 4.78 is 5.61. The fourth-order valence-electron chi connectivity index (χ4n) is 2.78. The molecule has 0 radical (unpaired) electrons. The van der Waals surface area contributed by atoms with Crippen LogP contribution in [0.1, 0.15) is 44.8 Å². The van der Waals surface area contributed by atoms with Crippen LogP contribution in [0.3, 0.4) is 0 Å². The number of aliphatic hydroxyl groups is 1. The molecule has 130 valence electrons. The highest BCUT2D eigenvalue weighted by molar-refractivity contribution is 5.85. The van der Waals surface area contributed by atoms with Gasteiger partial charge < -0.3 is 20.9 Å². The highest BCUT2D eigenvalue weighted by atomic mass is 35.5. The fraction of sp³-hybridized carbons (Fsp3) is 0.588. The van der Waals surface area contributed by atoms with Gasteiger partial charge in [-0.15, -0.1) is 12.4 Å². The number of hydrogen-bond acceptors (Lipinski definition) is 4. The lowest BCUT2D eigenvalue weighted by Crippen LogP contribution is -2.33. The normalized spacial score (nSPS) is 21.6. The molecule has 3 atom stereocenters. The Labute approximate surface area is 144 Å². The van der Waals surface area contributed by atoms with E-state index in [-0.39, 0.29) is 42.9 Å². The zero-order valence-electron chi connectivity index (χ0n) is 13.7. The van der Waals surface area contributed by atoms with Gasteiger partial charge in [-0.2, -0.15) is 0 Å². The second-order valence-corrected chi connectivity index (χ2v) is 6.27. The number of halogens is 1. The van der Waals surface area contributed by atoms with Gasteiger partial charge in [0.2, 0.25) is 5.91 Å². The Morgan fingerprint density at radius 3 is 2.78 bits per heavy atom. The van der Waals surface area contributed by atoms with Crippen LogP contribution in [0.2, 0.25) is 0 Å². The first-order valence-electron chi connectivity index (χ1n) is 7.93. The molecule has 1 amide bonds. The smallest absolute Gasteiger partial charge is 0.223 e. The third-order valence-corrected chi connectivity index (χ3v) is 3.93. The summed E-state index contributed by atoms with van der Waals surface area (Å²) in [7, 11) is 0. The molecule has 5 nitrogen and oxygen atoms in total. The molecule has 0 spiro atoms. The molecule has 2 rings (SSSR count). The van der Waals surface area contributed by atoms with E-state index in [2.05, 4.69) is 5.32 Å². The van der Waals surface area contributed by atoms with Gasteiger partial charge in [-0.1, -0.05) is 12.1 Å². The maximum absolute atomic E-state index is 12.0. The number of ether oxygens (including phenoxy) is 1. The Hall–Kier alpha value is -1.30.